The van der Waals surface area contributed by atoms with Gasteiger partial charge in [0, 0.05) is 49.5 Å². The molecule has 1 saturated heterocycles. The number of carbonyl (C=O) groups excluding carboxylic acids is 1. The second kappa shape index (κ2) is 9.36. The summed E-state index contributed by atoms with van der Waals surface area (Å²) in [7, 11) is 0. The SMILES string of the molecule is O=C(N[C@@H]1COc2cccc(-c3ccncc3)c2C1)c1ccc(OC2CCOCC2)nc1. The first kappa shape index (κ1) is 20.5. The second-order valence-electron chi connectivity index (χ2n) is 8.02. The van der Waals surface area contributed by atoms with Crippen LogP contribution in [0.2, 0.25) is 0 Å². The predicted molar refractivity (Wildman–Crippen MR) is 119 cm³/mol. The number of ether oxygens (including phenoxy) is 3. The minimum Gasteiger partial charge on any atom is -0.491 e. The maximum Gasteiger partial charge on any atom is 0.253 e. The van der Waals surface area contributed by atoms with Crippen LogP contribution in [0, 0.1) is 0 Å². The molecule has 0 radical (unpaired) electrons. The van der Waals surface area contributed by atoms with Crippen LogP contribution in [0.4, 0.5) is 0 Å². The van der Waals surface area contributed by atoms with E-state index in [9.17, 15) is 4.79 Å². The lowest BCUT2D eigenvalue weighted by molar-refractivity contribution is 0.0237. The Hall–Kier alpha value is -3.45. The Labute approximate surface area is 186 Å². The molecule has 0 bridgehead atoms. The summed E-state index contributed by atoms with van der Waals surface area (Å²) >= 11 is 0. The molecule has 1 N–H and O–H groups in total. The summed E-state index contributed by atoms with van der Waals surface area (Å²) in [6, 6.07) is 13.4. The van der Waals surface area contributed by atoms with Crippen LogP contribution in [0.3, 0.4) is 0 Å². The van der Waals surface area contributed by atoms with E-state index in [1.54, 1.807) is 30.7 Å². The molecule has 1 fully saturated rings. The van der Waals surface area contributed by atoms with Crippen LogP contribution in [0.25, 0.3) is 11.1 Å². The Kier molecular flexibility index (Phi) is 5.98. The number of nitrogens with one attached hydrogen (secondary N) is 1. The predicted octanol–water partition coefficient (Wildman–Crippen LogP) is 3.43. The molecule has 4 heterocycles. The molecule has 1 atom stereocenters. The van der Waals surface area contributed by atoms with Crippen LogP contribution in [-0.4, -0.2) is 47.8 Å². The number of aromatic nitrogens is 2. The van der Waals surface area contributed by atoms with Crippen molar-refractivity contribution >= 4 is 5.91 Å². The molecule has 0 aliphatic carbocycles. The molecule has 2 aliphatic rings. The monoisotopic (exact) mass is 431 g/mol. The number of pyridine rings is 2. The molecular weight excluding hydrogens is 406 g/mol. The standard InChI is InChI=1S/C25H25N3O4/c29-25(18-4-5-24(27-15-18)32-20-8-12-30-13-9-20)28-19-14-22-21(17-6-10-26-11-7-17)2-1-3-23(22)31-16-19/h1-7,10-11,15,19-20H,8-9,12-14,16H2,(H,28,29)/t19-/m0/s1. The number of carbonyl (C=O) groups is 1. The van der Waals surface area contributed by atoms with E-state index in [0.29, 0.717) is 37.7 Å². The highest BCUT2D eigenvalue weighted by Crippen LogP contribution is 2.34. The molecule has 7 heteroatoms. The fraction of sp³-hybridized carbons (Fsp3) is 0.320. The van der Waals surface area contributed by atoms with E-state index in [0.717, 1.165) is 35.3 Å². The first-order chi connectivity index (χ1) is 15.8. The van der Waals surface area contributed by atoms with E-state index in [-0.39, 0.29) is 18.1 Å². The van der Waals surface area contributed by atoms with Gasteiger partial charge >= 0.3 is 0 Å². The van der Waals surface area contributed by atoms with Gasteiger partial charge in [0.1, 0.15) is 18.5 Å². The molecule has 0 spiro atoms. The van der Waals surface area contributed by atoms with Crippen molar-refractivity contribution in [2.24, 2.45) is 0 Å². The lowest BCUT2D eigenvalue weighted by atomic mass is 9.93. The average molecular weight is 431 g/mol. The molecule has 0 saturated carbocycles. The number of benzene rings is 1. The molecule has 164 valence electrons. The molecule has 32 heavy (non-hydrogen) atoms. The van der Waals surface area contributed by atoms with E-state index < -0.39 is 0 Å². The zero-order chi connectivity index (χ0) is 21.8. The molecular formula is C25H25N3O4. The molecule has 2 aromatic heterocycles. The average Bonchev–Trinajstić information content (AvgIpc) is 2.85. The van der Waals surface area contributed by atoms with Crippen molar-refractivity contribution in [3.05, 3.63) is 72.2 Å². The maximum absolute atomic E-state index is 12.8. The smallest absolute Gasteiger partial charge is 0.253 e. The third kappa shape index (κ3) is 4.57. The van der Waals surface area contributed by atoms with Crippen molar-refractivity contribution in [3.8, 4) is 22.8 Å². The largest absolute Gasteiger partial charge is 0.491 e. The zero-order valence-electron chi connectivity index (χ0n) is 17.7. The van der Waals surface area contributed by atoms with Crippen LogP contribution in [0.1, 0.15) is 28.8 Å². The second-order valence-corrected chi connectivity index (χ2v) is 8.02. The minimum atomic E-state index is -0.173. The first-order valence-electron chi connectivity index (χ1n) is 10.9. The van der Waals surface area contributed by atoms with E-state index in [1.807, 2.05) is 24.3 Å². The Bertz CT molecular complexity index is 1070. The zero-order valence-corrected chi connectivity index (χ0v) is 17.7. The maximum atomic E-state index is 12.8. The number of hydrogen-bond acceptors (Lipinski definition) is 6. The summed E-state index contributed by atoms with van der Waals surface area (Å²) < 4.78 is 17.2. The normalized spacial score (nSPS) is 18.3. The molecule has 3 aromatic rings. The minimum absolute atomic E-state index is 0.116. The van der Waals surface area contributed by atoms with Crippen LogP contribution in [0.5, 0.6) is 11.6 Å². The molecule has 2 aliphatic heterocycles. The van der Waals surface area contributed by atoms with Crippen molar-refractivity contribution in [2.75, 3.05) is 19.8 Å². The van der Waals surface area contributed by atoms with Gasteiger partial charge in [-0.1, -0.05) is 12.1 Å². The topological polar surface area (TPSA) is 82.6 Å². The van der Waals surface area contributed by atoms with E-state index in [4.69, 9.17) is 14.2 Å². The van der Waals surface area contributed by atoms with Gasteiger partial charge in [0.15, 0.2) is 0 Å². The Morgan fingerprint density at radius 3 is 2.69 bits per heavy atom. The Balaban J connectivity index is 1.24. The van der Waals surface area contributed by atoms with Crippen molar-refractivity contribution in [3.63, 3.8) is 0 Å². The third-order valence-electron chi connectivity index (χ3n) is 5.80. The summed E-state index contributed by atoms with van der Waals surface area (Å²) in [5, 5.41) is 3.08. The fourth-order valence-electron chi connectivity index (χ4n) is 4.12. The summed E-state index contributed by atoms with van der Waals surface area (Å²) in [5.74, 6) is 1.22. The van der Waals surface area contributed by atoms with Gasteiger partial charge in [-0.3, -0.25) is 9.78 Å². The fourth-order valence-corrected chi connectivity index (χ4v) is 4.12. The van der Waals surface area contributed by atoms with Crippen LogP contribution in [0.15, 0.2) is 61.1 Å². The van der Waals surface area contributed by atoms with Gasteiger partial charge in [-0.05, 0) is 35.4 Å². The van der Waals surface area contributed by atoms with E-state index in [1.165, 1.54) is 0 Å². The van der Waals surface area contributed by atoms with Crippen molar-refractivity contribution in [1.29, 1.82) is 0 Å². The Morgan fingerprint density at radius 1 is 1.06 bits per heavy atom. The van der Waals surface area contributed by atoms with Gasteiger partial charge in [0.2, 0.25) is 5.88 Å². The number of amides is 1. The van der Waals surface area contributed by atoms with E-state index in [2.05, 4.69) is 21.4 Å². The third-order valence-corrected chi connectivity index (χ3v) is 5.80. The lowest BCUT2D eigenvalue weighted by Gasteiger charge is -2.28. The summed E-state index contributed by atoms with van der Waals surface area (Å²) in [4.78, 5) is 21.2. The van der Waals surface area contributed by atoms with Gasteiger partial charge in [0.05, 0.1) is 24.8 Å². The number of fused-ring (bicyclic) bond motifs is 1. The Morgan fingerprint density at radius 2 is 1.91 bits per heavy atom. The summed E-state index contributed by atoms with van der Waals surface area (Å²) in [6.45, 7) is 1.85. The van der Waals surface area contributed by atoms with Gasteiger partial charge < -0.3 is 19.5 Å². The van der Waals surface area contributed by atoms with Crippen LogP contribution in [-0.2, 0) is 11.2 Å². The van der Waals surface area contributed by atoms with Crippen molar-refractivity contribution in [1.82, 2.24) is 15.3 Å². The highest BCUT2D eigenvalue weighted by atomic mass is 16.5. The first-order valence-corrected chi connectivity index (χ1v) is 10.9. The number of rotatable bonds is 5. The van der Waals surface area contributed by atoms with Gasteiger partial charge in [-0.15, -0.1) is 0 Å². The molecule has 7 nitrogen and oxygen atoms in total. The highest BCUT2D eigenvalue weighted by Gasteiger charge is 2.25. The van der Waals surface area contributed by atoms with Gasteiger partial charge in [0.25, 0.3) is 5.91 Å². The molecule has 1 amide bonds. The lowest BCUT2D eigenvalue weighted by Crippen LogP contribution is -2.42. The number of nitrogens with zero attached hydrogens (tertiary/aromatic N) is 2. The van der Waals surface area contributed by atoms with Crippen molar-refractivity contribution in [2.45, 2.75) is 31.4 Å². The van der Waals surface area contributed by atoms with E-state index >= 15 is 0 Å². The summed E-state index contributed by atoms with van der Waals surface area (Å²) in [5.41, 5.74) is 3.77. The van der Waals surface area contributed by atoms with Gasteiger partial charge in [-0.2, -0.15) is 0 Å². The van der Waals surface area contributed by atoms with Crippen molar-refractivity contribution < 1.29 is 19.0 Å². The van der Waals surface area contributed by atoms with Crippen LogP contribution >= 0.6 is 0 Å². The molecule has 1 aromatic carbocycles. The molecule has 0 unspecified atom stereocenters. The van der Waals surface area contributed by atoms with Gasteiger partial charge in [-0.25, -0.2) is 4.98 Å². The molecule has 5 rings (SSSR count). The summed E-state index contributed by atoms with van der Waals surface area (Å²) in [6.07, 6.45) is 7.63. The van der Waals surface area contributed by atoms with Crippen LogP contribution < -0.4 is 14.8 Å². The highest BCUT2D eigenvalue weighted by molar-refractivity contribution is 5.94. The number of hydrogen-bond donors (Lipinski definition) is 1. The quantitative estimate of drug-likeness (QED) is 0.667.